The van der Waals surface area contributed by atoms with E-state index in [2.05, 4.69) is 53.5 Å². The van der Waals surface area contributed by atoms with Crippen LogP contribution in [0.2, 0.25) is 0 Å². The van der Waals surface area contributed by atoms with Crippen molar-refractivity contribution in [3.05, 3.63) is 108 Å². The third-order valence-corrected chi connectivity index (χ3v) is 9.44. The molecular weight excluding hydrogens is 721 g/mol. The van der Waals surface area contributed by atoms with Crippen LogP contribution >= 0.6 is 0 Å². The molecule has 4 N–H and O–H groups in total. The maximum atomic E-state index is 12.9. The molecule has 1 atom stereocenters. The Kier molecular flexibility index (Phi) is 15.3. The summed E-state index contributed by atoms with van der Waals surface area (Å²) in [5, 5.41) is 41.3. The predicted molar refractivity (Wildman–Crippen MR) is 218 cm³/mol. The first-order valence-corrected chi connectivity index (χ1v) is 19.3. The fourth-order valence-corrected chi connectivity index (χ4v) is 6.42. The van der Waals surface area contributed by atoms with Gasteiger partial charge >= 0.3 is 5.97 Å². The third kappa shape index (κ3) is 11.5. The monoisotopic (exact) mass is 770 g/mol. The highest BCUT2D eigenvalue weighted by Crippen LogP contribution is 2.31. The zero-order valence-electron chi connectivity index (χ0n) is 32.9. The Labute approximate surface area is 332 Å². The van der Waals surface area contributed by atoms with E-state index in [9.17, 15) is 19.5 Å². The van der Waals surface area contributed by atoms with Crippen LogP contribution in [0.4, 0.5) is 0 Å². The first-order valence-electron chi connectivity index (χ1n) is 19.3. The quantitative estimate of drug-likeness (QED) is 0.0721. The summed E-state index contributed by atoms with van der Waals surface area (Å²) in [5.74, 6) is -0.107. The molecule has 2 amide bonds. The van der Waals surface area contributed by atoms with Crippen molar-refractivity contribution in [1.82, 2.24) is 51.5 Å². The second kappa shape index (κ2) is 20.9. The van der Waals surface area contributed by atoms with E-state index in [1.165, 1.54) is 4.90 Å². The van der Waals surface area contributed by atoms with Crippen LogP contribution in [-0.2, 0) is 27.5 Å². The van der Waals surface area contributed by atoms with Crippen molar-refractivity contribution in [1.29, 1.82) is 0 Å². The van der Waals surface area contributed by atoms with Crippen LogP contribution in [0, 0.1) is 5.92 Å². The van der Waals surface area contributed by atoms with Crippen LogP contribution in [0.3, 0.4) is 0 Å². The molecule has 6 rings (SSSR count). The number of H-pyrrole nitrogens is 2. The number of aromatic amines is 2. The highest BCUT2D eigenvalue weighted by molar-refractivity contribution is 5.84. The van der Waals surface area contributed by atoms with Crippen molar-refractivity contribution in [2.45, 2.75) is 85.4 Å². The Bertz CT molecular complexity index is 2150. The molecule has 0 bridgehead atoms. The van der Waals surface area contributed by atoms with Gasteiger partial charge in [0.2, 0.25) is 23.5 Å². The third-order valence-electron chi connectivity index (χ3n) is 9.44. The summed E-state index contributed by atoms with van der Waals surface area (Å²) in [7, 11) is 0. The number of amides is 2. The lowest BCUT2D eigenvalue weighted by atomic mass is 9.97. The number of nitrogens with one attached hydrogen (secondary N) is 3. The molecule has 0 aliphatic carbocycles. The van der Waals surface area contributed by atoms with Gasteiger partial charge in [-0.3, -0.25) is 9.59 Å². The van der Waals surface area contributed by atoms with Crippen LogP contribution in [0.5, 0.6) is 0 Å². The molecule has 0 aliphatic heterocycles. The van der Waals surface area contributed by atoms with Crippen LogP contribution in [-0.4, -0.2) is 75.1 Å². The molecule has 14 heteroatoms. The van der Waals surface area contributed by atoms with E-state index in [0.29, 0.717) is 31.0 Å². The Morgan fingerprint density at radius 2 is 1.14 bits per heavy atom. The summed E-state index contributed by atoms with van der Waals surface area (Å²) in [6.07, 6.45) is 4.52. The molecule has 57 heavy (non-hydrogen) atoms. The zero-order chi connectivity index (χ0) is 40.6. The van der Waals surface area contributed by atoms with E-state index in [4.69, 9.17) is 0 Å². The molecule has 296 valence electrons. The average Bonchev–Trinajstić information content (AvgIpc) is 3.98. The van der Waals surface area contributed by atoms with Gasteiger partial charge in [-0.05, 0) is 62.6 Å². The van der Waals surface area contributed by atoms with Gasteiger partial charge < -0.3 is 15.3 Å². The SMILES string of the molecule is CCCCC(=O)N(Cc1ccc(-c2ccccc2-c2nn[nH]n2)cc1)[C@H](C(=O)O)C(C)C.CCCCC(=O)NCc1ccc(-c2ccccc2-c2nn[nH]n2)cc1. The van der Waals surface area contributed by atoms with E-state index < -0.39 is 12.0 Å². The van der Waals surface area contributed by atoms with Crippen LogP contribution in [0.15, 0.2) is 97.1 Å². The molecule has 0 aliphatic rings. The Morgan fingerprint density at radius 3 is 1.58 bits per heavy atom. The molecular formula is C43H50N10O4. The second-order valence-corrected chi connectivity index (χ2v) is 14.0. The minimum absolute atomic E-state index is 0.105. The predicted octanol–water partition coefficient (Wildman–Crippen LogP) is 7.50. The van der Waals surface area contributed by atoms with Gasteiger partial charge in [0.1, 0.15) is 6.04 Å². The molecule has 14 nitrogen and oxygen atoms in total. The number of unbranched alkanes of at least 4 members (excludes halogenated alkanes) is 2. The smallest absolute Gasteiger partial charge is 0.326 e. The topological polar surface area (TPSA) is 196 Å². The largest absolute Gasteiger partial charge is 0.480 e. The maximum absolute atomic E-state index is 12.9. The second-order valence-electron chi connectivity index (χ2n) is 14.0. The molecule has 6 aromatic rings. The molecule has 0 saturated heterocycles. The summed E-state index contributed by atoms with van der Waals surface area (Å²) in [5.41, 5.74) is 7.78. The van der Waals surface area contributed by atoms with Crippen molar-refractivity contribution < 1.29 is 19.5 Å². The van der Waals surface area contributed by atoms with Gasteiger partial charge in [-0.1, -0.05) is 138 Å². The number of hydrogen-bond donors (Lipinski definition) is 4. The molecule has 0 fully saturated rings. The summed E-state index contributed by atoms with van der Waals surface area (Å²) in [6, 6.07) is 30.8. The molecule has 0 saturated carbocycles. The number of hydrogen-bond acceptors (Lipinski definition) is 9. The van der Waals surface area contributed by atoms with Crippen LogP contribution in [0.25, 0.3) is 45.0 Å². The Morgan fingerprint density at radius 1 is 0.667 bits per heavy atom. The number of carboxylic acids is 1. The highest BCUT2D eigenvalue weighted by Gasteiger charge is 2.32. The lowest BCUT2D eigenvalue weighted by molar-refractivity contribution is -0.153. The Hall–Kier alpha value is -6.57. The van der Waals surface area contributed by atoms with Crippen molar-refractivity contribution >= 4 is 17.8 Å². The van der Waals surface area contributed by atoms with Crippen LogP contribution in [0.1, 0.15) is 77.3 Å². The minimum atomic E-state index is -0.976. The van der Waals surface area contributed by atoms with E-state index in [1.807, 2.05) is 118 Å². The van der Waals surface area contributed by atoms with Gasteiger partial charge in [0.05, 0.1) is 0 Å². The number of carbonyl (C=O) groups is 3. The first-order chi connectivity index (χ1) is 27.7. The molecule has 0 radical (unpaired) electrons. The normalized spacial score (nSPS) is 11.4. The highest BCUT2D eigenvalue weighted by atomic mass is 16.4. The van der Waals surface area contributed by atoms with Crippen LogP contribution < -0.4 is 5.32 Å². The van der Waals surface area contributed by atoms with E-state index in [1.54, 1.807) is 0 Å². The van der Waals surface area contributed by atoms with Gasteiger partial charge in [-0.15, -0.1) is 20.4 Å². The molecule has 0 unspecified atom stereocenters. The summed E-state index contributed by atoms with van der Waals surface area (Å²) >= 11 is 0. The van der Waals surface area contributed by atoms with Crippen molar-refractivity contribution in [2.24, 2.45) is 5.92 Å². The number of carboxylic acid groups (broad SMARTS) is 1. The van der Waals surface area contributed by atoms with Gasteiger partial charge in [-0.25, -0.2) is 4.79 Å². The first kappa shape index (κ1) is 41.6. The number of carbonyl (C=O) groups excluding carboxylic acids is 2. The van der Waals surface area contributed by atoms with Crippen molar-refractivity contribution in [2.75, 3.05) is 0 Å². The number of rotatable bonds is 17. The van der Waals surface area contributed by atoms with Crippen molar-refractivity contribution in [3.8, 4) is 45.0 Å². The fraction of sp³-hybridized carbons (Fsp3) is 0.326. The number of benzene rings is 4. The number of nitrogens with zero attached hydrogens (tertiary/aromatic N) is 7. The lowest BCUT2D eigenvalue weighted by Crippen LogP contribution is -2.47. The zero-order valence-corrected chi connectivity index (χ0v) is 32.9. The van der Waals surface area contributed by atoms with Crippen molar-refractivity contribution in [3.63, 3.8) is 0 Å². The number of tetrazole rings is 2. The lowest BCUT2D eigenvalue weighted by Gasteiger charge is -2.32. The standard InChI is InChI=1S/C24H29N5O3.C19H21N5O/c1-4-5-10-21(30)29(22(16(2)3)24(31)32)15-17-11-13-18(14-12-17)19-8-6-7-9-20(19)23-25-27-28-26-23;1-2-3-8-18(25)20-13-14-9-11-15(12-10-14)16-6-4-5-7-17(16)19-21-23-24-22-19/h6-9,11-14,16,22H,4-5,10,15H2,1-3H3,(H,31,32)(H,25,26,27,28);4-7,9-12H,2-3,8,13H2,1H3,(H,20,25)(H,21,22,23,24)/t22-;/m0./s1. The molecule has 0 spiro atoms. The maximum Gasteiger partial charge on any atom is 0.326 e. The van der Waals surface area contributed by atoms with E-state index in [-0.39, 0.29) is 24.3 Å². The average molecular weight is 771 g/mol. The Balaban J connectivity index is 0.000000224. The van der Waals surface area contributed by atoms with Gasteiger partial charge in [0.15, 0.2) is 0 Å². The number of aromatic nitrogens is 8. The van der Waals surface area contributed by atoms with Gasteiger partial charge in [-0.2, -0.15) is 10.4 Å². The number of aliphatic carboxylic acids is 1. The van der Waals surface area contributed by atoms with E-state index >= 15 is 0 Å². The fourth-order valence-electron chi connectivity index (χ4n) is 6.42. The molecule has 2 aromatic heterocycles. The summed E-state index contributed by atoms with van der Waals surface area (Å²) in [4.78, 5) is 38.0. The minimum Gasteiger partial charge on any atom is -0.480 e. The van der Waals surface area contributed by atoms with Gasteiger partial charge in [0.25, 0.3) is 0 Å². The molecule has 4 aromatic carbocycles. The summed E-state index contributed by atoms with van der Waals surface area (Å²) < 4.78 is 0. The summed E-state index contributed by atoms with van der Waals surface area (Å²) in [6.45, 7) is 8.56. The molecule has 2 heterocycles. The van der Waals surface area contributed by atoms with E-state index in [0.717, 1.165) is 70.2 Å². The van der Waals surface area contributed by atoms with Gasteiger partial charge in [0, 0.05) is 37.1 Å².